The first kappa shape index (κ1) is 14.0. The van der Waals surface area contributed by atoms with Crippen LogP contribution >= 0.6 is 0 Å². The fourth-order valence-corrected chi connectivity index (χ4v) is 0.439. The Balaban J connectivity index is 0. The molecule has 0 aromatic heterocycles. The molecule has 0 saturated heterocycles. The highest BCUT2D eigenvalue weighted by Crippen LogP contribution is 2.12. The molecule has 74 valence electrons. The largest absolute Gasteiger partial charge is 0.412 e. The van der Waals surface area contributed by atoms with Gasteiger partial charge in [-0.1, -0.05) is 0 Å². The SMILES string of the molecule is O.O=C[C@](O)(F)C(O)C(O)CO. The number of alkyl halides is 1. The van der Waals surface area contributed by atoms with Gasteiger partial charge in [-0.15, -0.1) is 0 Å². The van der Waals surface area contributed by atoms with Crippen LogP contribution in [0.4, 0.5) is 4.39 Å². The standard InChI is InChI=1S/C5H9FO5.H2O/c6-5(11,2-8)4(10)3(9)1-7;/h2-4,7,9-11H,1H2;1H2/t3?,4?,5-;/m1./s1. The van der Waals surface area contributed by atoms with Crippen molar-refractivity contribution in [3.05, 3.63) is 0 Å². The Kier molecular flexibility index (Phi) is 5.95. The van der Waals surface area contributed by atoms with Crippen LogP contribution in [0.15, 0.2) is 0 Å². The molecule has 0 heterocycles. The van der Waals surface area contributed by atoms with Gasteiger partial charge in [0.05, 0.1) is 6.61 Å². The molecular weight excluding hydrogens is 175 g/mol. The lowest BCUT2D eigenvalue weighted by atomic mass is 10.1. The van der Waals surface area contributed by atoms with E-state index < -0.39 is 31.0 Å². The number of aldehydes is 1. The summed E-state index contributed by atoms with van der Waals surface area (Å²) in [4.78, 5) is 9.71. The van der Waals surface area contributed by atoms with Crippen molar-refractivity contribution < 1.29 is 35.1 Å². The highest BCUT2D eigenvalue weighted by atomic mass is 19.2. The van der Waals surface area contributed by atoms with Gasteiger partial charge in [0.25, 0.3) is 5.85 Å². The van der Waals surface area contributed by atoms with Gasteiger partial charge >= 0.3 is 0 Å². The summed E-state index contributed by atoms with van der Waals surface area (Å²) in [7, 11) is 0. The molecule has 0 aliphatic carbocycles. The Morgan fingerprint density at radius 1 is 1.50 bits per heavy atom. The third kappa shape index (κ3) is 3.20. The van der Waals surface area contributed by atoms with Crippen molar-refractivity contribution in [2.45, 2.75) is 18.1 Å². The van der Waals surface area contributed by atoms with Crippen LogP contribution in [0.5, 0.6) is 0 Å². The maximum absolute atomic E-state index is 12.3. The smallest absolute Gasteiger partial charge is 0.291 e. The summed E-state index contributed by atoms with van der Waals surface area (Å²) in [6.45, 7) is -0.943. The average Bonchev–Trinajstić information content (AvgIpc) is 2.01. The molecule has 0 aliphatic rings. The molecule has 0 aromatic carbocycles. The van der Waals surface area contributed by atoms with Gasteiger partial charge in [0.2, 0.25) is 0 Å². The van der Waals surface area contributed by atoms with E-state index in [0.717, 1.165) is 0 Å². The molecule has 0 aliphatic heterocycles. The topological polar surface area (TPSA) is 129 Å². The summed E-state index contributed by atoms with van der Waals surface area (Å²) in [5.41, 5.74) is 0. The molecule has 0 radical (unpaired) electrons. The van der Waals surface area contributed by atoms with Crippen LogP contribution in [0.2, 0.25) is 0 Å². The van der Waals surface area contributed by atoms with Crippen LogP contribution < -0.4 is 0 Å². The maximum atomic E-state index is 12.3. The minimum Gasteiger partial charge on any atom is -0.412 e. The number of aliphatic hydroxyl groups excluding tert-OH is 3. The van der Waals surface area contributed by atoms with Gasteiger partial charge in [0.1, 0.15) is 12.2 Å². The van der Waals surface area contributed by atoms with Gasteiger partial charge in [-0.05, 0) is 0 Å². The third-order valence-electron chi connectivity index (χ3n) is 1.13. The van der Waals surface area contributed by atoms with Crippen molar-refractivity contribution in [1.82, 2.24) is 0 Å². The summed E-state index contributed by atoms with van der Waals surface area (Å²) in [6, 6.07) is 0. The first-order chi connectivity index (χ1) is 4.95. The van der Waals surface area contributed by atoms with E-state index in [0.29, 0.717) is 0 Å². The van der Waals surface area contributed by atoms with E-state index in [-0.39, 0.29) is 5.48 Å². The highest BCUT2D eigenvalue weighted by molar-refractivity contribution is 5.60. The average molecular weight is 186 g/mol. The molecule has 3 atom stereocenters. The van der Waals surface area contributed by atoms with Crippen molar-refractivity contribution in [3.8, 4) is 0 Å². The van der Waals surface area contributed by atoms with Crippen molar-refractivity contribution >= 4 is 6.29 Å². The fourth-order valence-electron chi connectivity index (χ4n) is 0.439. The zero-order valence-corrected chi connectivity index (χ0v) is 6.01. The molecule has 0 rings (SSSR count). The van der Waals surface area contributed by atoms with Gasteiger partial charge in [-0.25, -0.2) is 4.39 Å². The van der Waals surface area contributed by atoms with Crippen LogP contribution in [-0.2, 0) is 4.79 Å². The van der Waals surface area contributed by atoms with Crippen molar-refractivity contribution in [2.24, 2.45) is 0 Å². The van der Waals surface area contributed by atoms with E-state index in [1.165, 1.54) is 0 Å². The lowest BCUT2D eigenvalue weighted by molar-refractivity contribution is -0.195. The van der Waals surface area contributed by atoms with Crippen molar-refractivity contribution in [1.29, 1.82) is 0 Å². The van der Waals surface area contributed by atoms with Gasteiger partial charge in [0, 0.05) is 0 Å². The van der Waals surface area contributed by atoms with Gasteiger partial charge in [-0.3, -0.25) is 4.79 Å². The van der Waals surface area contributed by atoms with Crippen LogP contribution in [0.3, 0.4) is 0 Å². The summed E-state index contributed by atoms with van der Waals surface area (Å²) in [6.07, 6.45) is -4.77. The summed E-state index contributed by atoms with van der Waals surface area (Å²) in [5.74, 6) is -3.51. The second-order valence-electron chi connectivity index (χ2n) is 2.04. The lowest BCUT2D eigenvalue weighted by Gasteiger charge is -2.22. The molecule has 0 spiro atoms. The number of hydrogen-bond acceptors (Lipinski definition) is 5. The lowest BCUT2D eigenvalue weighted by Crippen LogP contribution is -2.48. The van der Waals surface area contributed by atoms with Crippen LogP contribution in [0, 0.1) is 0 Å². The number of rotatable bonds is 4. The number of carbonyl (C=O) groups is 1. The molecule has 0 amide bonds. The molecule has 7 heteroatoms. The molecule has 0 fully saturated rings. The van der Waals surface area contributed by atoms with Crippen LogP contribution in [0.1, 0.15) is 0 Å². The van der Waals surface area contributed by atoms with Crippen molar-refractivity contribution in [2.75, 3.05) is 6.61 Å². The van der Waals surface area contributed by atoms with E-state index in [2.05, 4.69) is 0 Å². The predicted molar refractivity (Wildman–Crippen MR) is 34.8 cm³/mol. The molecule has 0 bridgehead atoms. The first-order valence-corrected chi connectivity index (χ1v) is 2.80. The van der Waals surface area contributed by atoms with Gasteiger partial charge in [0.15, 0.2) is 6.29 Å². The van der Waals surface area contributed by atoms with Crippen LogP contribution in [0.25, 0.3) is 0 Å². The molecule has 12 heavy (non-hydrogen) atoms. The van der Waals surface area contributed by atoms with E-state index in [1.807, 2.05) is 0 Å². The van der Waals surface area contributed by atoms with Crippen molar-refractivity contribution in [3.63, 3.8) is 0 Å². The highest BCUT2D eigenvalue weighted by Gasteiger charge is 2.39. The zero-order valence-electron chi connectivity index (χ0n) is 6.01. The zero-order chi connectivity index (χ0) is 9.07. The first-order valence-electron chi connectivity index (χ1n) is 2.80. The summed E-state index contributed by atoms with van der Waals surface area (Å²) >= 11 is 0. The van der Waals surface area contributed by atoms with E-state index in [9.17, 15) is 9.18 Å². The maximum Gasteiger partial charge on any atom is 0.291 e. The Morgan fingerprint density at radius 3 is 2.17 bits per heavy atom. The molecular formula is C5H11FO6. The van der Waals surface area contributed by atoms with E-state index >= 15 is 0 Å². The molecule has 0 saturated carbocycles. The molecule has 6 N–H and O–H groups in total. The van der Waals surface area contributed by atoms with Gasteiger partial charge < -0.3 is 25.9 Å². The number of carbonyl (C=O) groups excluding carboxylic acids is 1. The second-order valence-corrected chi connectivity index (χ2v) is 2.04. The van der Waals surface area contributed by atoms with E-state index in [4.69, 9.17) is 20.4 Å². The van der Waals surface area contributed by atoms with Crippen LogP contribution in [-0.4, -0.2) is 56.9 Å². The monoisotopic (exact) mass is 186 g/mol. The molecule has 2 unspecified atom stereocenters. The quantitative estimate of drug-likeness (QED) is 0.342. The Hall–Kier alpha value is -0.600. The molecule has 6 nitrogen and oxygen atoms in total. The third-order valence-corrected chi connectivity index (χ3v) is 1.13. The number of halogens is 1. The second kappa shape index (κ2) is 5.12. The summed E-state index contributed by atoms with van der Waals surface area (Å²) in [5, 5.41) is 33.6. The minimum atomic E-state index is -3.51. The Morgan fingerprint density at radius 2 is 1.92 bits per heavy atom. The summed E-state index contributed by atoms with van der Waals surface area (Å²) < 4.78 is 12.3. The predicted octanol–water partition coefficient (Wildman–Crippen LogP) is -3.27. The minimum absolute atomic E-state index is 0. The Bertz CT molecular complexity index is 138. The normalized spacial score (nSPS) is 20.1. The van der Waals surface area contributed by atoms with E-state index in [1.54, 1.807) is 0 Å². The Labute approximate surface area is 67.2 Å². The fraction of sp³-hybridized carbons (Fsp3) is 0.800. The number of hydrogen-bond donors (Lipinski definition) is 4. The van der Waals surface area contributed by atoms with Gasteiger partial charge in [-0.2, -0.15) is 0 Å². The number of aliphatic hydroxyl groups is 4. The molecule has 0 aromatic rings.